The number of hydrogen-bond donors (Lipinski definition) is 1. The van der Waals surface area contributed by atoms with Crippen LogP contribution in [0.1, 0.15) is 32.3 Å². The van der Waals surface area contributed by atoms with Gasteiger partial charge in [-0.05, 0) is 37.6 Å². The molecule has 0 saturated heterocycles. The Kier molecular flexibility index (Phi) is 9.66. The Morgan fingerprint density at radius 2 is 1.78 bits per heavy atom. The molecule has 5 heteroatoms. The summed E-state index contributed by atoms with van der Waals surface area (Å²) in [7, 11) is 0. The van der Waals surface area contributed by atoms with E-state index in [1.165, 1.54) is 12.8 Å². The fraction of sp³-hybridized carbons (Fsp3) is 0.538. The van der Waals surface area contributed by atoms with Crippen molar-refractivity contribution in [3.8, 4) is 5.75 Å². The van der Waals surface area contributed by atoms with Crippen molar-refractivity contribution in [3.05, 3.63) is 27.7 Å². The van der Waals surface area contributed by atoms with E-state index in [1.807, 2.05) is 19.1 Å². The van der Waals surface area contributed by atoms with Crippen LogP contribution in [0.15, 0.2) is 12.1 Å². The van der Waals surface area contributed by atoms with Gasteiger partial charge in [0.05, 0.1) is 16.7 Å². The smallest absolute Gasteiger partial charge is 0.156 e. The van der Waals surface area contributed by atoms with Gasteiger partial charge in [0, 0.05) is 6.54 Å². The maximum Gasteiger partial charge on any atom is 0.156 e. The highest BCUT2D eigenvalue weighted by Gasteiger charge is 2.08. The van der Waals surface area contributed by atoms with Crippen LogP contribution in [0.3, 0.4) is 0 Å². The van der Waals surface area contributed by atoms with Gasteiger partial charge in [-0.15, -0.1) is 12.4 Å². The zero-order valence-corrected chi connectivity index (χ0v) is 13.1. The van der Waals surface area contributed by atoms with E-state index in [4.69, 9.17) is 27.9 Å². The zero-order valence-electron chi connectivity index (χ0n) is 10.8. The fourth-order valence-electron chi connectivity index (χ4n) is 1.53. The molecule has 2 nitrogen and oxygen atoms in total. The van der Waals surface area contributed by atoms with E-state index in [0.29, 0.717) is 22.4 Å². The van der Waals surface area contributed by atoms with E-state index in [9.17, 15) is 0 Å². The average molecular weight is 313 g/mol. The second kappa shape index (κ2) is 9.74. The summed E-state index contributed by atoms with van der Waals surface area (Å²) in [6, 6.07) is 3.80. The lowest BCUT2D eigenvalue weighted by Crippen LogP contribution is -2.14. The van der Waals surface area contributed by atoms with Gasteiger partial charge in [0.25, 0.3) is 0 Å². The summed E-state index contributed by atoms with van der Waals surface area (Å²) in [6.45, 7) is 6.44. The van der Waals surface area contributed by atoms with Gasteiger partial charge in [0.2, 0.25) is 0 Å². The van der Waals surface area contributed by atoms with Crippen LogP contribution in [0, 0.1) is 0 Å². The van der Waals surface area contributed by atoms with Crippen molar-refractivity contribution in [1.82, 2.24) is 5.32 Å². The minimum absolute atomic E-state index is 0. The highest BCUT2D eigenvalue weighted by Crippen LogP contribution is 2.34. The lowest BCUT2D eigenvalue weighted by atomic mass is 10.2. The normalized spacial score (nSPS) is 10.0. The molecule has 0 unspecified atom stereocenters. The van der Waals surface area contributed by atoms with Gasteiger partial charge in [0.15, 0.2) is 5.75 Å². The fourth-order valence-corrected chi connectivity index (χ4v) is 2.17. The summed E-state index contributed by atoms with van der Waals surface area (Å²) < 4.78 is 5.38. The molecule has 0 aliphatic heterocycles. The third-order valence-corrected chi connectivity index (χ3v) is 2.94. The summed E-state index contributed by atoms with van der Waals surface area (Å²) in [5, 5.41) is 4.50. The van der Waals surface area contributed by atoms with Crippen molar-refractivity contribution in [1.29, 1.82) is 0 Å². The highest BCUT2D eigenvalue weighted by atomic mass is 35.5. The lowest BCUT2D eigenvalue weighted by Gasteiger charge is -2.11. The molecule has 0 aliphatic rings. The van der Waals surface area contributed by atoms with E-state index in [-0.39, 0.29) is 12.4 Å². The predicted molar refractivity (Wildman–Crippen MR) is 81.5 cm³/mol. The number of nitrogens with one attached hydrogen (secondary N) is 1. The maximum absolute atomic E-state index is 6.12. The van der Waals surface area contributed by atoms with Crippen molar-refractivity contribution in [3.63, 3.8) is 0 Å². The predicted octanol–water partition coefficient (Wildman–Crippen LogP) is 4.70. The quantitative estimate of drug-likeness (QED) is 0.737. The van der Waals surface area contributed by atoms with Gasteiger partial charge in [0.1, 0.15) is 0 Å². The van der Waals surface area contributed by atoms with Crippen LogP contribution in [-0.2, 0) is 6.54 Å². The molecule has 0 aromatic heterocycles. The van der Waals surface area contributed by atoms with Crippen molar-refractivity contribution in [2.24, 2.45) is 0 Å². The van der Waals surface area contributed by atoms with Gasteiger partial charge in [-0.2, -0.15) is 0 Å². The third kappa shape index (κ3) is 5.66. The van der Waals surface area contributed by atoms with Gasteiger partial charge in [-0.25, -0.2) is 0 Å². The molecule has 0 spiro atoms. The SMILES string of the molecule is CCCCNCc1cc(Cl)c(OCC)c(Cl)c1.Cl. The molecule has 18 heavy (non-hydrogen) atoms. The van der Waals surface area contributed by atoms with Crippen LogP contribution >= 0.6 is 35.6 Å². The van der Waals surface area contributed by atoms with Crippen molar-refractivity contribution >= 4 is 35.6 Å². The topological polar surface area (TPSA) is 21.3 Å². The molecule has 0 atom stereocenters. The summed E-state index contributed by atoms with van der Waals surface area (Å²) in [5.74, 6) is 0.577. The van der Waals surface area contributed by atoms with E-state index in [0.717, 1.165) is 18.7 Å². The van der Waals surface area contributed by atoms with Crippen LogP contribution < -0.4 is 10.1 Å². The Morgan fingerprint density at radius 3 is 2.28 bits per heavy atom. The summed E-state index contributed by atoms with van der Waals surface area (Å²) in [6.07, 6.45) is 2.37. The Bertz CT molecular complexity index is 335. The second-order valence-corrected chi connectivity index (χ2v) is 4.67. The molecule has 1 N–H and O–H groups in total. The van der Waals surface area contributed by atoms with E-state index in [2.05, 4.69) is 12.2 Å². The molecule has 0 amide bonds. The van der Waals surface area contributed by atoms with E-state index in [1.54, 1.807) is 0 Å². The first kappa shape index (κ1) is 17.8. The molecule has 0 saturated carbocycles. The first-order valence-corrected chi connectivity index (χ1v) is 6.76. The molecule has 0 heterocycles. The minimum Gasteiger partial charge on any atom is -0.491 e. The van der Waals surface area contributed by atoms with Crippen LogP contribution in [0.5, 0.6) is 5.75 Å². The third-order valence-electron chi connectivity index (χ3n) is 2.38. The molecule has 0 radical (unpaired) electrons. The first-order valence-electron chi connectivity index (χ1n) is 6.00. The van der Waals surface area contributed by atoms with Crippen LogP contribution in [-0.4, -0.2) is 13.2 Å². The number of unbranched alkanes of at least 4 members (excludes halogenated alkanes) is 1. The molecule has 1 aromatic carbocycles. The Morgan fingerprint density at radius 1 is 1.17 bits per heavy atom. The van der Waals surface area contributed by atoms with Crippen molar-refractivity contribution < 1.29 is 4.74 Å². The highest BCUT2D eigenvalue weighted by molar-refractivity contribution is 6.37. The second-order valence-electron chi connectivity index (χ2n) is 3.85. The molecule has 0 bridgehead atoms. The number of halogens is 3. The number of rotatable bonds is 7. The largest absolute Gasteiger partial charge is 0.491 e. The monoisotopic (exact) mass is 311 g/mol. The first-order chi connectivity index (χ1) is 8.19. The summed E-state index contributed by atoms with van der Waals surface area (Å²) in [5.41, 5.74) is 1.08. The van der Waals surface area contributed by atoms with Gasteiger partial charge in [-0.1, -0.05) is 36.5 Å². The van der Waals surface area contributed by atoms with Crippen LogP contribution in [0.4, 0.5) is 0 Å². The minimum atomic E-state index is 0. The van der Waals surface area contributed by atoms with Gasteiger partial charge in [-0.3, -0.25) is 0 Å². The Balaban J connectivity index is 0.00000289. The van der Waals surface area contributed by atoms with Crippen molar-refractivity contribution in [2.45, 2.75) is 33.2 Å². The standard InChI is InChI=1S/C13H19Cl2NO.ClH/c1-3-5-6-16-9-10-7-11(14)13(17-4-2)12(15)8-10;/h7-8,16H,3-6,9H2,1-2H3;1H. The van der Waals surface area contributed by atoms with E-state index < -0.39 is 0 Å². The molecular weight excluding hydrogens is 293 g/mol. The van der Waals surface area contributed by atoms with Crippen LogP contribution in [0.25, 0.3) is 0 Å². The van der Waals surface area contributed by atoms with Crippen LogP contribution in [0.2, 0.25) is 10.0 Å². The number of hydrogen-bond acceptors (Lipinski definition) is 2. The van der Waals surface area contributed by atoms with Gasteiger partial charge < -0.3 is 10.1 Å². The van der Waals surface area contributed by atoms with Crippen molar-refractivity contribution in [2.75, 3.05) is 13.2 Å². The molecular formula is C13H20Cl3NO. The van der Waals surface area contributed by atoms with E-state index >= 15 is 0 Å². The Labute approximate surface area is 125 Å². The zero-order chi connectivity index (χ0) is 12.7. The lowest BCUT2D eigenvalue weighted by molar-refractivity contribution is 0.340. The summed E-state index contributed by atoms with van der Waals surface area (Å²) >= 11 is 12.2. The average Bonchev–Trinajstić information content (AvgIpc) is 2.29. The Hall–Kier alpha value is -0.150. The molecule has 1 aromatic rings. The maximum atomic E-state index is 6.12. The molecule has 1 rings (SSSR count). The number of benzene rings is 1. The number of ether oxygens (including phenoxy) is 1. The van der Waals surface area contributed by atoms with Gasteiger partial charge >= 0.3 is 0 Å². The molecule has 0 aliphatic carbocycles. The molecule has 0 fully saturated rings. The summed E-state index contributed by atoms with van der Waals surface area (Å²) in [4.78, 5) is 0. The molecule has 104 valence electrons.